The summed E-state index contributed by atoms with van der Waals surface area (Å²) < 4.78 is 6.91. The number of carbonyl (C=O) groups excluding carboxylic acids is 1. The number of rotatable bonds is 7. The fourth-order valence-electron chi connectivity index (χ4n) is 4.35. The highest BCUT2D eigenvalue weighted by Crippen LogP contribution is 2.30. The van der Waals surface area contributed by atoms with Crippen molar-refractivity contribution in [1.29, 1.82) is 0 Å². The van der Waals surface area contributed by atoms with E-state index >= 15 is 0 Å². The topological polar surface area (TPSA) is 63.9 Å². The number of esters is 1. The Morgan fingerprint density at radius 2 is 2.00 bits per heavy atom. The zero-order valence-corrected chi connectivity index (χ0v) is 19.6. The zero-order chi connectivity index (χ0) is 23.4. The lowest BCUT2D eigenvalue weighted by atomic mass is 9.90. The Morgan fingerprint density at radius 1 is 1.18 bits per heavy atom. The van der Waals surface area contributed by atoms with Gasteiger partial charge in [0.25, 0.3) is 5.56 Å². The molecule has 0 unspecified atom stereocenters. The molecule has 1 aliphatic rings. The van der Waals surface area contributed by atoms with E-state index in [9.17, 15) is 9.59 Å². The number of allylic oxidation sites excluding steroid dienone is 1. The second-order valence-electron chi connectivity index (χ2n) is 8.49. The van der Waals surface area contributed by atoms with E-state index in [4.69, 9.17) is 9.72 Å². The molecule has 0 aliphatic heterocycles. The Morgan fingerprint density at radius 3 is 2.76 bits per heavy atom. The predicted molar refractivity (Wildman–Crippen MR) is 132 cm³/mol. The molecule has 1 aromatic carbocycles. The third-order valence-corrected chi connectivity index (χ3v) is 6.25. The number of hydrogen-bond acceptors (Lipinski definition) is 5. The number of ether oxygens (including phenoxy) is 1. The maximum atomic E-state index is 13.3. The standard InChI is InChI=1S/C27H31N3O3/c1-4-29(5-2)14-15-33-27(32)22-12-13-24-28-25-21(17-20-9-6-8-19(3)16-20)10-7-11-23(25)26(31)30(24)18-22/h6,8-9,12-13,16-18H,4-5,7,10-11,14-15H2,1-3H3. The number of aromatic nitrogens is 2. The van der Waals surface area contributed by atoms with Crippen LogP contribution in [-0.4, -0.2) is 46.5 Å². The third-order valence-electron chi connectivity index (χ3n) is 6.25. The molecule has 0 atom stereocenters. The van der Waals surface area contributed by atoms with Crippen LogP contribution in [0.5, 0.6) is 0 Å². The first kappa shape index (κ1) is 22.9. The van der Waals surface area contributed by atoms with E-state index in [0.29, 0.717) is 36.3 Å². The second-order valence-corrected chi connectivity index (χ2v) is 8.49. The molecule has 33 heavy (non-hydrogen) atoms. The number of benzene rings is 1. The number of carbonyl (C=O) groups is 1. The van der Waals surface area contributed by atoms with E-state index in [1.54, 1.807) is 18.3 Å². The number of fused-ring (bicyclic) bond motifs is 2. The van der Waals surface area contributed by atoms with Crippen LogP contribution in [0.3, 0.4) is 0 Å². The molecule has 0 saturated carbocycles. The van der Waals surface area contributed by atoms with Crippen LogP contribution in [0, 0.1) is 6.92 Å². The Kier molecular flexibility index (Phi) is 7.04. The van der Waals surface area contributed by atoms with Gasteiger partial charge in [-0.3, -0.25) is 9.20 Å². The summed E-state index contributed by atoms with van der Waals surface area (Å²) in [5.41, 5.74) is 5.68. The molecule has 0 amide bonds. The molecule has 6 nitrogen and oxygen atoms in total. The fraction of sp³-hybridized carbons (Fsp3) is 0.370. The molecule has 0 saturated heterocycles. The molecule has 0 fully saturated rings. The highest BCUT2D eigenvalue weighted by atomic mass is 16.5. The highest BCUT2D eigenvalue weighted by molar-refractivity contribution is 5.89. The number of likely N-dealkylation sites (N-methyl/N-ethyl adjacent to an activating group) is 1. The van der Waals surface area contributed by atoms with Gasteiger partial charge in [0.2, 0.25) is 0 Å². The first-order valence-corrected chi connectivity index (χ1v) is 11.7. The Labute approximate surface area is 194 Å². The minimum atomic E-state index is -0.422. The van der Waals surface area contributed by atoms with Crippen molar-refractivity contribution in [3.8, 4) is 0 Å². The molecule has 0 bridgehead atoms. The quantitative estimate of drug-likeness (QED) is 0.505. The van der Waals surface area contributed by atoms with Gasteiger partial charge in [0.15, 0.2) is 0 Å². The van der Waals surface area contributed by atoms with Gasteiger partial charge in [0, 0.05) is 18.3 Å². The van der Waals surface area contributed by atoms with Crippen LogP contribution in [0.2, 0.25) is 0 Å². The Bertz CT molecular complexity index is 1260. The third kappa shape index (κ3) is 5.06. The highest BCUT2D eigenvalue weighted by Gasteiger charge is 2.21. The van der Waals surface area contributed by atoms with Gasteiger partial charge < -0.3 is 9.64 Å². The molecule has 4 rings (SSSR count). The minimum Gasteiger partial charge on any atom is -0.461 e. The van der Waals surface area contributed by atoms with Gasteiger partial charge in [-0.2, -0.15) is 0 Å². The van der Waals surface area contributed by atoms with Crippen molar-refractivity contribution in [3.05, 3.63) is 80.9 Å². The summed E-state index contributed by atoms with van der Waals surface area (Å²) in [6, 6.07) is 11.7. The summed E-state index contributed by atoms with van der Waals surface area (Å²) in [5.74, 6) is -0.422. The lowest BCUT2D eigenvalue weighted by Gasteiger charge is -2.19. The summed E-state index contributed by atoms with van der Waals surface area (Å²) in [5, 5.41) is 0. The van der Waals surface area contributed by atoms with E-state index < -0.39 is 5.97 Å². The van der Waals surface area contributed by atoms with Gasteiger partial charge in [0.05, 0.1) is 11.3 Å². The average Bonchev–Trinajstić information content (AvgIpc) is 2.82. The maximum absolute atomic E-state index is 13.3. The van der Waals surface area contributed by atoms with Crippen LogP contribution in [0.25, 0.3) is 17.3 Å². The normalized spacial score (nSPS) is 14.6. The average molecular weight is 446 g/mol. The lowest BCUT2D eigenvalue weighted by Crippen LogP contribution is -2.28. The van der Waals surface area contributed by atoms with Crippen molar-refractivity contribution in [2.45, 2.75) is 40.0 Å². The summed E-state index contributed by atoms with van der Waals surface area (Å²) >= 11 is 0. The molecule has 0 N–H and O–H groups in total. The van der Waals surface area contributed by atoms with Gasteiger partial charge in [-0.15, -0.1) is 0 Å². The second kappa shape index (κ2) is 10.1. The van der Waals surface area contributed by atoms with Crippen LogP contribution >= 0.6 is 0 Å². The lowest BCUT2D eigenvalue weighted by molar-refractivity contribution is 0.0466. The van der Waals surface area contributed by atoms with Gasteiger partial charge >= 0.3 is 5.97 Å². The monoisotopic (exact) mass is 445 g/mol. The molecule has 3 aromatic rings. The molecule has 2 heterocycles. The van der Waals surface area contributed by atoms with Crippen molar-refractivity contribution >= 4 is 23.3 Å². The number of pyridine rings is 1. The molecule has 0 spiro atoms. The van der Waals surface area contributed by atoms with Crippen LogP contribution in [0.15, 0.2) is 47.4 Å². The summed E-state index contributed by atoms with van der Waals surface area (Å²) in [6.45, 7) is 9.07. The molecular weight excluding hydrogens is 414 g/mol. The van der Waals surface area contributed by atoms with Crippen molar-refractivity contribution < 1.29 is 9.53 Å². The van der Waals surface area contributed by atoms with Crippen molar-refractivity contribution in [3.63, 3.8) is 0 Å². The van der Waals surface area contributed by atoms with Crippen molar-refractivity contribution in [2.75, 3.05) is 26.2 Å². The van der Waals surface area contributed by atoms with Gasteiger partial charge in [-0.1, -0.05) is 43.7 Å². The summed E-state index contributed by atoms with van der Waals surface area (Å²) in [4.78, 5) is 32.9. The minimum absolute atomic E-state index is 0.109. The molecule has 2 aromatic heterocycles. The Hall–Kier alpha value is -3.25. The Balaban J connectivity index is 1.63. The molecule has 1 aliphatic carbocycles. The molecule has 0 radical (unpaired) electrons. The van der Waals surface area contributed by atoms with Crippen LogP contribution in [0.4, 0.5) is 0 Å². The van der Waals surface area contributed by atoms with E-state index in [1.807, 2.05) is 6.07 Å². The van der Waals surface area contributed by atoms with E-state index in [0.717, 1.165) is 42.8 Å². The number of nitrogens with zero attached hydrogens (tertiary/aromatic N) is 3. The van der Waals surface area contributed by atoms with E-state index in [2.05, 4.69) is 49.9 Å². The summed E-state index contributed by atoms with van der Waals surface area (Å²) in [6.07, 6.45) is 6.17. The van der Waals surface area contributed by atoms with Gasteiger partial charge in [-0.25, -0.2) is 9.78 Å². The van der Waals surface area contributed by atoms with E-state index in [-0.39, 0.29) is 5.56 Å². The predicted octanol–water partition coefficient (Wildman–Crippen LogP) is 4.38. The van der Waals surface area contributed by atoms with E-state index in [1.165, 1.54) is 9.96 Å². The van der Waals surface area contributed by atoms with Crippen LogP contribution < -0.4 is 5.56 Å². The maximum Gasteiger partial charge on any atom is 0.339 e. The molecule has 172 valence electrons. The van der Waals surface area contributed by atoms with Crippen LogP contribution in [0.1, 0.15) is 59.4 Å². The van der Waals surface area contributed by atoms with Crippen molar-refractivity contribution in [2.24, 2.45) is 0 Å². The first-order valence-electron chi connectivity index (χ1n) is 11.7. The van der Waals surface area contributed by atoms with Crippen LogP contribution in [-0.2, 0) is 11.2 Å². The number of hydrogen-bond donors (Lipinski definition) is 0. The largest absolute Gasteiger partial charge is 0.461 e. The molecular formula is C27H31N3O3. The SMILES string of the molecule is CCN(CC)CCOC(=O)c1ccc2nc3c(c(=O)n2c1)CCCC3=Cc1cccc(C)c1. The van der Waals surface area contributed by atoms with Gasteiger partial charge in [-0.05, 0) is 68.6 Å². The molecule has 6 heteroatoms. The van der Waals surface area contributed by atoms with Crippen molar-refractivity contribution in [1.82, 2.24) is 14.3 Å². The number of aryl methyl sites for hydroxylation is 1. The summed E-state index contributed by atoms with van der Waals surface area (Å²) in [7, 11) is 0. The fourth-order valence-corrected chi connectivity index (χ4v) is 4.35. The smallest absolute Gasteiger partial charge is 0.339 e. The zero-order valence-electron chi connectivity index (χ0n) is 19.6. The first-order chi connectivity index (χ1) is 16.0. The van der Waals surface area contributed by atoms with Gasteiger partial charge in [0.1, 0.15) is 12.3 Å².